The number of ether oxygens (including phenoxy) is 1. The zero-order valence-corrected chi connectivity index (χ0v) is 11.6. The molecule has 1 rings (SSSR count). The van der Waals surface area contributed by atoms with Crippen molar-refractivity contribution in [3.63, 3.8) is 0 Å². The molecule has 0 aliphatic heterocycles. The molecule has 0 radical (unpaired) electrons. The van der Waals surface area contributed by atoms with Crippen LogP contribution in [0.5, 0.6) is 0 Å². The molecule has 0 unspecified atom stereocenters. The second-order valence-corrected chi connectivity index (χ2v) is 4.27. The van der Waals surface area contributed by atoms with Crippen LogP contribution in [0.4, 0.5) is 0 Å². The van der Waals surface area contributed by atoms with E-state index in [0.29, 0.717) is 28.1 Å². The average molecular weight is 317 g/mol. The number of halogens is 2. The molecule has 0 bridgehead atoms. The fraction of sp³-hybridized carbons (Fsp3) is 0.333. The molecule has 0 aliphatic rings. The van der Waals surface area contributed by atoms with Gasteiger partial charge in [0, 0.05) is 10.4 Å². The van der Waals surface area contributed by atoms with Gasteiger partial charge in [-0.15, -0.1) is 0 Å². The van der Waals surface area contributed by atoms with Crippen LogP contribution in [0.1, 0.15) is 23.6 Å². The summed E-state index contributed by atoms with van der Waals surface area (Å²) in [5.74, 6) is -0.343. The molecule has 90 valence electrons. The molecule has 1 aromatic rings. The zero-order chi connectivity index (χ0) is 12.8. The molecule has 3 nitrogen and oxygen atoms in total. The third kappa shape index (κ3) is 3.72. The molecule has 0 atom stereocenters. The predicted molar refractivity (Wildman–Crippen MR) is 69.1 cm³/mol. The highest BCUT2D eigenvalue weighted by molar-refractivity contribution is 9.08. The van der Waals surface area contributed by atoms with Crippen LogP contribution < -0.4 is 0 Å². The monoisotopic (exact) mass is 315 g/mol. The summed E-state index contributed by atoms with van der Waals surface area (Å²) in [6, 6.07) is 5.36. The summed E-state index contributed by atoms with van der Waals surface area (Å²) in [5.41, 5.74) is 1.91. The van der Waals surface area contributed by atoms with Crippen LogP contribution in [-0.2, 0) is 21.3 Å². The maximum Gasteiger partial charge on any atom is 0.310 e. The van der Waals surface area contributed by atoms with Crippen LogP contribution >= 0.6 is 27.5 Å². The highest BCUT2D eigenvalue weighted by Gasteiger charge is 2.12. The highest BCUT2D eigenvalue weighted by Crippen LogP contribution is 2.25. The molecule has 0 heterocycles. The largest absolute Gasteiger partial charge is 0.466 e. The SMILES string of the molecule is CCOC(=O)Cc1cc(C#N)cc(CBr)c1Cl. The number of carbonyl (C=O) groups is 1. The fourth-order valence-electron chi connectivity index (χ4n) is 1.41. The lowest BCUT2D eigenvalue weighted by atomic mass is 10.0. The maximum atomic E-state index is 11.4. The van der Waals surface area contributed by atoms with Gasteiger partial charge in [0.25, 0.3) is 0 Å². The number of hydrogen-bond donors (Lipinski definition) is 0. The van der Waals surface area contributed by atoms with E-state index in [4.69, 9.17) is 21.6 Å². The molecule has 0 spiro atoms. The molecule has 0 aromatic heterocycles. The van der Waals surface area contributed by atoms with Gasteiger partial charge in [-0.1, -0.05) is 27.5 Å². The summed E-state index contributed by atoms with van der Waals surface area (Å²) in [4.78, 5) is 11.4. The van der Waals surface area contributed by atoms with Gasteiger partial charge in [0.1, 0.15) is 0 Å². The molecule has 5 heteroatoms. The van der Waals surface area contributed by atoms with Gasteiger partial charge in [0.05, 0.1) is 24.7 Å². The minimum Gasteiger partial charge on any atom is -0.466 e. The molecule has 0 saturated heterocycles. The first-order valence-corrected chi connectivity index (χ1v) is 6.55. The molecule has 0 fully saturated rings. The first-order valence-electron chi connectivity index (χ1n) is 5.05. The summed E-state index contributed by atoms with van der Waals surface area (Å²) in [7, 11) is 0. The molecule has 1 aromatic carbocycles. The summed E-state index contributed by atoms with van der Waals surface area (Å²) >= 11 is 9.43. The van der Waals surface area contributed by atoms with Crippen molar-refractivity contribution in [1.82, 2.24) is 0 Å². The zero-order valence-electron chi connectivity index (χ0n) is 9.30. The number of carbonyl (C=O) groups excluding carboxylic acids is 1. The van der Waals surface area contributed by atoms with Crippen molar-refractivity contribution in [2.45, 2.75) is 18.7 Å². The van der Waals surface area contributed by atoms with Gasteiger partial charge in [0.15, 0.2) is 0 Å². The van der Waals surface area contributed by atoms with E-state index in [1.165, 1.54) is 0 Å². The Bertz CT molecular complexity index is 468. The number of nitriles is 1. The first-order chi connectivity index (χ1) is 8.12. The Morgan fingerprint density at radius 3 is 2.71 bits per heavy atom. The van der Waals surface area contributed by atoms with Crippen molar-refractivity contribution in [2.24, 2.45) is 0 Å². The smallest absolute Gasteiger partial charge is 0.310 e. The third-order valence-electron chi connectivity index (χ3n) is 2.14. The van der Waals surface area contributed by atoms with Gasteiger partial charge in [-0.05, 0) is 30.2 Å². The van der Waals surface area contributed by atoms with E-state index < -0.39 is 0 Å². The summed E-state index contributed by atoms with van der Waals surface area (Å²) in [5, 5.41) is 9.93. The number of hydrogen-bond acceptors (Lipinski definition) is 3. The summed E-state index contributed by atoms with van der Waals surface area (Å²) < 4.78 is 4.86. The Hall–Kier alpha value is -1.05. The molecular weight excluding hydrogens is 305 g/mol. The van der Waals surface area contributed by atoms with Gasteiger partial charge >= 0.3 is 5.97 Å². The lowest BCUT2D eigenvalue weighted by Crippen LogP contribution is -2.08. The molecule has 0 amide bonds. The van der Waals surface area contributed by atoms with Crippen molar-refractivity contribution >= 4 is 33.5 Å². The Balaban J connectivity index is 3.06. The normalized spacial score (nSPS) is 9.76. The number of nitrogens with zero attached hydrogens (tertiary/aromatic N) is 1. The van der Waals surface area contributed by atoms with Crippen LogP contribution in [0.2, 0.25) is 5.02 Å². The maximum absolute atomic E-state index is 11.4. The van der Waals surface area contributed by atoms with E-state index in [-0.39, 0.29) is 12.4 Å². The lowest BCUT2D eigenvalue weighted by molar-refractivity contribution is -0.142. The number of esters is 1. The Kier molecular flexibility index (Phi) is 5.46. The van der Waals surface area contributed by atoms with E-state index >= 15 is 0 Å². The third-order valence-corrected chi connectivity index (χ3v) is 3.23. The number of alkyl halides is 1. The van der Waals surface area contributed by atoms with Crippen molar-refractivity contribution in [2.75, 3.05) is 6.61 Å². The van der Waals surface area contributed by atoms with E-state index in [1.54, 1.807) is 19.1 Å². The van der Waals surface area contributed by atoms with Gasteiger partial charge < -0.3 is 4.74 Å². The quantitative estimate of drug-likeness (QED) is 0.633. The molecular formula is C12H11BrClNO2. The van der Waals surface area contributed by atoms with Crippen molar-refractivity contribution < 1.29 is 9.53 Å². The van der Waals surface area contributed by atoms with Gasteiger partial charge in [-0.2, -0.15) is 5.26 Å². The highest BCUT2D eigenvalue weighted by atomic mass is 79.9. The van der Waals surface area contributed by atoms with Crippen LogP contribution in [0.3, 0.4) is 0 Å². The number of rotatable bonds is 4. The standard InChI is InChI=1S/C12H11BrClNO2/c1-2-17-11(16)5-9-3-8(7-15)4-10(6-13)12(9)14/h3-4H,2,5-6H2,1H3. The minimum absolute atomic E-state index is 0.0855. The first kappa shape index (κ1) is 14.0. The second kappa shape index (κ2) is 6.63. The number of benzene rings is 1. The average Bonchev–Trinajstić information content (AvgIpc) is 2.32. The second-order valence-electron chi connectivity index (χ2n) is 3.34. The van der Waals surface area contributed by atoms with Crippen LogP contribution in [-0.4, -0.2) is 12.6 Å². The molecule has 0 aliphatic carbocycles. The van der Waals surface area contributed by atoms with E-state index in [1.807, 2.05) is 6.07 Å². The summed E-state index contributed by atoms with van der Waals surface area (Å²) in [6.07, 6.45) is 0.0855. The van der Waals surface area contributed by atoms with Gasteiger partial charge in [-0.3, -0.25) is 4.79 Å². The lowest BCUT2D eigenvalue weighted by Gasteiger charge is -2.08. The molecule has 17 heavy (non-hydrogen) atoms. The van der Waals surface area contributed by atoms with Crippen molar-refractivity contribution in [3.05, 3.63) is 33.8 Å². The predicted octanol–water partition coefficient (Wildman–Crippen LogP) is 3.21. The van der Waals surface area contributed by atoms with Crippen LogP contribution in [0.15, 0.2) is 12.1 Å². The van der Waals surface area contributed by atoms with Crippen molar-refractivity contribution in [1.29, 1.82) is 5.26 Å². The van der Waals surface area contributed by atoms with Gasteiger partial charge in [0.2, 0.25) is 0 Å². The van der Waals surface area contributed by atoms with E-state index in [0.717, 1.165) is 5.56 Å². The minimum atomic E-state index is -0.343. The Morgan fingerprint density at radius 2 is 2.18 bits per heavy atom. The van der Waals surface area contributed by atoms with E-state index in [9.17, 15) is 4.79 Å². The fourth-order valence-corrected chi connectivity index (χ4v) is 2.25. The van der Waals surface area contributed by atoms with Gasteiger partial charge in [-0.25, -0.2) is 0 Å². The van der Waals surface area contributed by atoms with Crippen LogP contribution in [0.25, 0.3) is 0 Å². The molecule has 0 saturated carbocycles. The Morgan fingerprint density at radius 1 is 1.53 bits per heavy atom. The topological polar surface area (TPSA) is 50.1 Å². The van der Waals surface area contributed by atoms with E-state index in [2.05, 4.69) is 15.9 Å². The molecule has 0 N–H and O–H groups in total. The Labute approximate surface area is 113 Å². The summed E-state index contributed by atoms with van der Waals surface area (Å²) in [6.45, 7) is 2.08. The van der Waals surface area contributed by atoms with Crippen molar-refractivity contribution in [3.8, 4) is 6.07 Å². The van der Waals surface area contributed by atoms with Crippen LogP contribution in [0, 0.1) is 11.3 Å².